The second-order valence-corrected chi connectivity index (χ2v) is 4.05. The summed E-state index contributed by atoms with van der Waals surface area (Å²) in [5, 5.41) is 11.2. The molecule has 17 heavy (non-hydrogen) atoms. The lowest BCUT2D eigenvalue weighted by molar-refractivity contribution is 0.322. The van der Waals surface area contributed by atoms with Crippen LogP contribution in [0.5, 0.6) is 0 Å². The molecule has 0 spiro atoms. The SMILES string of the molecule is CC(C)=C/C=C/C(C)=C/C=C/C(C)=C/C=N\O. The molecule has 0 aromatic rings. The molecule has 0 radical (unpaired) electrons. The normalized spacial score (nSPS) is 14.1. The minimum atomic E-state index is 1.03. The standard InChI is InChI=1S/C15H21NO/c1-13(2)7-5-8-14(3)9-6-10-15(4)11-12-16-17/h5-12,17H,1-4H3/b8-5+,10-6+,14-9+,15-11+,16-12-. The summed E-state index contributed by atoms with van der Waals surface area (Å²) in [4.78, 5) is 0. The largest absolute Gasteiger partial charge is 0.411 e. The van der Waals surface area contributed by atoms with Crippen LogP contribution in [0.25, 0.3) is 0 Å². The van der Waals surface area contributed by atoms with Crippen molar-refractivity contribution in [1.82, 2.24) is 0 Å². The second-order valence-electron chi connectivity index (χ2n) is 4.05. The maximum atomic E-state index is 8.24. The molecule has 0 aliphatic rings. The van der Waals surface area contributed by atoms with Crippen LogP contribution in [0.1, 0.15) is 27.7 Å². The van der Waals surface area contributed by atoms with Crippen molar-refractivity contribution in [3.8, 4) is 0 Å². The first kappa shape index (κ1) is 15.2. The van der Waals surface area contributed by atoms with Crippen LogP contribution in [0.15, 0.2) is 64.4 Å². The Labute approximate surface area is 104 Å². The Hall–Kier alpha value is -1.83. The van der Waals surface area contributed by atoms with Crippen molar-refractivity contribution in [3.63, 3.8) is 0 Å². The first-order valence-electron chi connectivity index (χ1n) is 5.57. The monoisotopic (exact) mass is 231 g/mol. The van der Waals surface area contributed by atoms with Gasteiger partial charge in [0.05, 0.1) is 6.21 Å². The van der Waals surface area contributed by atoms with Gasteiger partial charge in [-0.3, -0.25) is 0 Å². The molecule has 0 amide bonds. The highest BCUT2D eigenvalue weighted by Gasteiger charge is 1.80. The van der Waals surface area contributed by atoms with Gasteiger partial charge in [0, 0.05) is 0 Å². The number of hydrogen-bond acceptors (Lipinski definition) is 2. The van der Waals surface area contributed by atoms with Gasteiger partial charge in [-0.15, -0.1) is 0 Å². The molecule has 0 saturated heterocycles. The Balaban J connectivity index is 4.37. The Morgan fingerprint density at radius 1 is 0.824 bits per heavy atom. The van der Waals surface area contributed by atoms with Crippen molar-refractivity contribution in [3.05, 3.63) is 59.3 Å². The molecule has 2 nitrogen and oxygen atoms in total. The summed E-state index contributed by atoms with van der Waals surface area (Å²) in [6, 6.07) is 0. The molecule has 0 aromatic carbocycles. The third-order valence-electron chi connectivity index (χ3n) is 1.91. The van der Waals surface area contributed by atoms with Gasteiger partial charge >= 0.3 is 0 Å². The highest BCUT2D eigenvalue weighted by atomic mass is 16.4. The van der Waals surface area contributed by atoms with E-state index in [0.29, 0.717) is 0 Å². The zero-order valence-electron chi connectivity index (χ0n) is 11.0. The van der Waals surface area contributed by atoms with Crippen LogP contribution in [0.3, 0.4) is 0 Å². The fourth-order valence-electron chi connectivity index (χ4n) is 1.01. The maximum Gasteiger partial charge on any atom is 0.0664 e. The molecule has 1 N–H and O–H groups in total. The van der Waals surface area contributed by atoms with Crippen LogP contribution in [0, 0.1) is 0 Å². The van der Waals surface area contributed by atoms with Gasteiger partial charge in [-0.2, -0.15) is 0 Å². The van der Waals surface area contributed by atoms with Gasteiger partial charge in [0.1, 0.15) is 0 Å². The van der Waals surface area contributed by atoms with Gasteiger partial charge in [0.25, 0.3) is 0 Å². The highest BCUT2D eigenvalue weighted by Crippen LogP contribution is 2.00. The van der Waals surface area contributed by atoms with E-state index in [9.17, 15) is 0 Å². The molecule has 0 saturated carbocycles. The summed E-state index contributed by atoms with van der Waals surface area (Å²) in [6.45, 7) is 8.13. The Bertz CT molecular complexity index is 389. The molecule has 0 atom stereocenters. The van der Waals surface area contributed by atoms with Crippen LogP contribution in [0.4, 0.5) is 0 Å². The summed E-state index contributed by atoms with van der Waals surface area (Å²) >= 11 is 0. The van der Waals surface area contributed by atoms with Gasteiger partial charge in [-0.1, -0.05) is 52.8 Å². The topological polar surface area (TPSA) is 32.6 Å². The van der Waals surface area contributed by atoms with E-state index in [1.54, 1.807) is 6.08 Å². The molecule has 2 heteroatoms. The Morgan fingerprint density at radius 3 is 1.88 bits per heavy atom. The smallest absolute Gasteiger partial charge is 0.0664 e. The van der Waals surface area contributed by atoms with E-state index in [4.69, 9.17) is 5.21 Å². The van der Waals surface area contributed by atoms with Crippen molar-refractivity contribution in [2.24, 2.45) is 5.16 Å². The average Bonchev–Trinajstić information content (AvgIpc) is 2.25. The predicted octanol–water partition coefficient (Wildman–Crippen LogP) is 4.42. The van der Waals surface area contributed by atoms with Crippen LogP contribution in [0.2, 0.25) is 0 Å². The number of oxime groups is 1. The lowest BCUT2D eigenvalue weighted by Gasteiger charge is -1.89. The molecule has 0 aromatic heterocycles. The van der Waals surface area contributed by atoms with Crippen molar-refractivity contribution in [2.45, 2.75) is 27.7 Å². The van der Waals surface area contributed by atoms with Gasteiger partial charge in [-0.05, 0) is 39.3 Å². The van der Waals surface area contributed by atoms with E-state index in [-0.39, 0.29) is 0 Å². The lowest BCUT2D eigenvalue weighted by Crippen LogP contribution is -1.71. The van der Waals surface area contributed by atoms with Crippen LogP contribution in [-0.4, -0.2) is 11.4 Å². The van der Waals surface area contributed by atoms with Crippen LogP contribution in [-0.2, 0) is 0 Å². The van der Waals surface area contributed by atoms with Gasteiger partial charge in [-0.25, -0.2) is 0 Å². The molecule has 0 rings (SSSR count). The first-order chi connectivity index (χ1) is 8.06. The van der Waals surface area contributed by atoms with Gasteiger partial charge < -0.3 is 5.21 Å². The molecule has 92 valence electrons. The van der Waals surface area contributed by atoms with E-state index >= 15 is 0 Å². The quantitative estimate of drug-likeness (QED) is 0.323. The van der Waals surface area contributed by atoms with Crippen LogP contribution >= 0.6 is 0 Å². The molecule has 0 unspecified atom stereocenters. The number of hydrogen-bond donors (Lipinski definition) is 1. The molecular weight excluding hydrogens is 210 g/mol. The molecule has 0 aliphatic carbocycles. The van der Waals surface area contributed by atoms with E-state index in [1.807, 2.05) is 38.2 Å². The zero-order chi connectivity index (χ0) is 13.1. The molecular formula is C15H21NO. The molecule has 0 fully saturated rings. The van der Waals surface area contributed by atoms with E-state index in [0.717, 1.165) is 5.57 Å². The van der Waals surface area contributed by atoms with Gasteiger partial charge in [0.2, 0.25) is 0 Å². The fraction of sp³-hybridized carbons (Fsp3) is 0.267. The Morgan fingerprint density at radius 2 is 1.35 bits per heavy atom. The van der Waals surface area contributed by atoms with E-state index in [2.05, 4.69) is 31.2 Å². The molecule has 0 bridgehead atoms. The average molecular weight is 231 g/mol. The van der Waals surface area contributed by atoms with E-state index < -0.39 is 0 Å². The zero-order valence-corrected chi connectivity index (χ0v) is 11.0. The summed E-state index contributed by atoms with van der Waals surface area (Å²) in [7, 11) is 0. The second kappa shape index (κ2) is 9.40. The minimum Gasteiger partial charge on any atom is -0.411 e. The number of rotatable bonds is 5. The van der Waals surface area contributed by atoms with Crippen molar-refractivity contribution < 1.29 is 5.21 Å². The fourth-order valence-corrected chi connectivity index (χ4v) is 1.01. The summed E-state index contributed by atoms with van der Waals surface area (Å²) in [6.07, 6.45) is 15.2. The third kappa shape index (κ3) is 10.5. The summed E-state index contributed by atoms with van der Waals surface area (Å²) in [5.41, 5.74) is 3.49. The first-order valence-corrected chi connectivity index (χ1v) is 5.57. The summed E-state index contributed by atoms with van der Waals surface area (Å²) < 4.78 is 0. The van der Waals surface area contributed by atoms with Gasteiger partial charge in [0.15, 0.2) is 0 Å². The lowest BCUT2D eigenvalue weighted by atomic mass is 10.2. The molecule has 0 heterocycles. The van der Waals surface area contributed by atoms with Crippen molar-refractivity contribution in [1.29, 1.82) is 0 Å². The minimum absolute atomic E-state index is 1.03. The predicted molar refractivity (Wildman–Crippen MR) is 75.5 cm³/mol. The number of nitrogens with zero attached hydrogens (tertiary/aromatic N) is 1. The van der Waals surface area contributed by atoms with Crippen molar-refractivity contribution >= 4 is 6.21 Å². The number of allylic oxidation sites excluding steroid dienone is 10. The van der Waals surface area contributed by atoms with Crippen LogP contribution < -0.4 is 0 Å². The highest BCUT2D eigenvalue weighted by molar-refractivity contribution is 5.72. The third-order valence-corrected chi connectivity index (χ3v) is 1.91. The molecule has 0 aliphatic heterocycles. The van der Waals surface area contributed by atoms with Crippen molar-refractivity contribution in [2.75, 3.05) is 0 Å². The maximum absolute atomic E-state index is 8.24. The van der Waals surface area contributed by atoms with E-state index in [1.165, 1.54) is 17.4 Å². The Kier molecular flexibility index (Phi) is 8.39. The summed E-state index contributed by atoms with van der Waals surface area (Å²) in [5.74, 6) is 0.